The molecule has 33 heavy (non-hydrogen) atoms. The van der Waals surface area contributed by atoms with Crippen molar-refractivity contribution in [1.29, 1.82) is 0 Å². The lowest BCUT2D eigenvalue weighted by Crippen LogP contribution is -2.33. The molecule has 1 aliphatic heterocycles. The number of ether oxygens (including phenoxy) is 1. The van der Waals surface area contributed by atoms with Crippen molar-refractivity contribution in [1.82, 2.24) is 20.9 Å². The van der Waals surface area contributed by atoms with E-state index in [4.69, 9.17) is 16.3 Å². The number of guanidine groups is 1. The number of pyridine rings is 1. The van der Waals surface area contributed by atoms with E-state index in [0.717, 1.165) is 46.9 Å². The topological polar surface area (TPSA) is 87.6 Å². The summed E-state index contributed by atoms with van der Waals surface area (Å²) < 4.78 is 5.19. The van der Waals surface area contributed by atoms with E-state index in [0.29, 0.717) is 29.4 Å². The van der Waals surface area contributed by atoms with Gasteiger partial charge in [-0.2, -0.15) is 0 Å². The minimum absolute atomic E-state index is 0.164. The Hall–Kier alpha value is -3.58. The van der Waals surface area contributed by atoms with E-state index in [-0.39, 0.29) is 5.91 Å². The normalized spacial score (nSPS) is 12.6. The van der Waals surface area contributed by atoms with Crippen molar-refractivity contribution < 1.29 is 9.53 Å². The van der Waals surface area contributed by atoms with Crippen molar-refractivity contribution in [3.63, 3.8) is 0 Å². The Labute approximate surface area is 198 Å². The average molecular weight is 464 g/mol. The molecule has 0 spiro atoms. The molecule has 0 bridgehead atoms. The van der Waals surface area contributed by atoms with Crippen LogP contribution >= 0.6 is 11.6 Å². The molecule has 0 saturated heterocycles. The molecule has 7 nitrogen and oxygen atoms in total. The molecule has 2 aromatic carbocycles. The number of rotatable bonds is 7. The van der Waals surface area contributed by atoms with Crippen LogP contribution in [0.5, 0.6) is 5.75 Å². The number of aromatic nitrogens is 1. The van der Waals surface area contributed by atoms with Crippen LogP contribution in [0.4, 0.5) is 0 Å². The van der Waals surface area contributed by atoms with Gasteiger partial charge in [-0.25, -0.2) is 0 Å². The van der Waals surface area contributed by atoms with Crippen LogP contribution in [0.3, 0.4) is 0 Å². The first-order valence-corrected chi connectivity index (χ1v) is 11.1. The van der Waals surface area contributed by atoms with Gasteiger partial charge in [-0.3, -0.25) is 14.8 Å². The second-order valence-electron chi connectivity index (χ2n) is 7.77. The molecule has 2 heterocycles. The first-order valence-electron chi connectivity index (χ1n) is 10.7. The van der Waals surface area contributed by atoms with Gasteiger partial charge in [0.1, 0.15) is 5.75 Å². The molecule has 0 radical (unpaired) electrons. The molecule has 0 fully saturated rings. The van der Waals surface area contributed by atoms with Gasteiger partial charge in [-0.1, -0.05) is 17.7 Å². The van der Waals surface area contributed by atoms with Gasteiger partial charge < -0.3 is 20.7 Å². The van der Waals surface area contributed by atoms with Gasteiger partial charge in [0.15, 0.2) is 5.96 Å². The van der Waals surface area contributed by atoms with Crippen LogP contribution in [-0.4, -0.2) is 37.1 Å². The second-order valence-corrected chi connectivity index (χ2v) is 8.18. The average Bonchev–Trinajstić information content (AvgIpc) is 3.35. The smallest absolute Gasteiger partial charge is 0.251 e. The number of hydrogen-bond acceptors (Lipinski definition) is 6. The van der Waals surface area contributed by atoms with Crippen molar-refractivity contribution in [3.8, 4) is 16.9 Å². The third-order valence-corrected chi connectivity index (χ3v) is 5.70. The molecule has 1 amide bonds. The standard InChI is InChI=1S/C25H26ClN5O2/c1-16-5-6-27-15-21(16)19-9-18(14-31-25-28-7-8-29-25)10-20(12-19)24(32)30-13-17-3-4-23(33-2)22(26)11-17/h3-6,9-12,15H,7-8,13-14H2,1-2H3,(H,30,32)(H2,28,29,31). The van der Waals surface area contributed by atoms with Gasteiger partial charge in [0, 0.05) is 43.2 Å². The van der Waals surface area contributed by atoms with Gasteiger partial charge in [0.2, 0.25) is 0 Å². The van der Waals surface area contributed by atoms with Gasteiger partial charge in [0.25, 0.3) is 5.91 Å². The summed E-state index contributed by atoms with van der Waals surface area (Å²) in [6, 6.07) is 13.3. The van der Waals surface area contributed by atoms with Gasteiger partial charge in [0.05, 0.1) is 18.7 Å². The van der Waals surface area contributed by atoms with Crippen molar-refractivity contribution in [3.05, 3.63) is 82.1 Å². The second kappa shape index (κ2) is 10.4. The Bertz CT molecular complexity index is 1200. The minimum Gasteiger partial charge on any atom is -0.495 e. The highest BCUT2D eigenvalue weighted by atomic mass is 35.5. The number of benzene rings is 2. The van der Waals surface area contributed by atoms with E-state index in [9.17, 15) is 4.79 Å². The first kappa shape index (κ1) is 22.6. The van der Waals surface area contributed by atoms with Gasteiger partial charge in [-0.15, -0.1) is 0 Å². The summed E-state index contributed by atoms with van der Waals surface area (Å²) >= 11 is 6.21. The lowest BCUT2D eigenvalue weighted by atomic mass is 9.97. The number of carbonyl (C=O) groups is 1. The Balaban J connectivity index is 1.56. The van der Waals surface area contributed by atoms with Crippen molar-refractivity contribution in [2.45, 2.75) is 20.0 Å². The first-order chi connectivity index (χ1) is 16.0. The van der Waals surface area contributed by atoms with Gasteiger partial charge >= 0.3 is 0 Å². The number of hydrogen-bond donors (Lipinski definition) is 3. The van der Waals surface area contributed by atoms with E-state index in [1.54, 1.807) is 25.4 Å². The maximum absolute atomic E-state index is 13.1. The maximum atomic E-state index is 13.1. The predicted octanol–water partition coefficient (Wildman–Crippen LogP) is 3.70. The highest BCUT2D eigenvalue weighted by molar-refractivity contribution is 6.32. The summed E-state index contributed by atoms with van der Waals surface area (Å²) in [6.07, 6.45) is 3.59. The summed E-state index contributed by atoms with van der Waals surface area (Å²) in [6.45, 7) is 4.53. The molecule has 170 valence electrons. The van der Waals surface area contributed by atoms with Crippen molar-refractivity contribution in [2.24, 2.45) is 4.99 Å². The molecule has 0 unspecified atom stereocenters. The van der Waals surface area contributed by atoms with Crippen LogP contribution < -0.4 is 20.7 Å². The fraction of sp³-hybridized carbons (Fsp3) is 0.240. The Kier molecular flexibility index (Phi) is 7.10. The van der Waals surface area contributed by atoms with Crippen LogP contribution in [0, 0.1) is 6.92 Å². The number of amides is 1. The van der Waals surface area contributed by atoms with Crippen LogP contribution in [0.25, 0.3) is 11.1 Å². The third kappa shape index (κ3) is 5.62. The number of nitrogens with one attached hydrogen (secondary N) is 3. The number of carbonyl (C=O) groups excluding carboxylic acids is 1. The molecule has 0 aliphatic carbocycles. The molecule has 3 N–H and O–H groups in total. The number of aryl methyl sites for hydroxylation is 1. The maximum Gasteiger partial charge on any atom is 0.251 e. The molecule has 4 rings (SSSR count). The Morgan fingerprint density at radius 1 is 1.15 bits per heavy atom. The molecule has 1 aliphatic rings. The monoisotopic (exact) mass is 463 g/mol. The zero-order valence-electron chi connectivity index (χ0n) is 18.6. The highest BCUT2D eigenvalue weighted by Crippen LogP contribution is 2.26. The van der Waals surface area contributed by atoms with Crippen molar-refractivity contribution >= 4 is 23.5 Å². The SMILES string of the molecule is COc1ccc(CNC(=O)c2cc(CNC3=NCCN3)cc(-c3cnccc3C)c2)cc1Cl. The van der Waals surface area contributed by atoms with E-state index in [1.807, 2.05) is 37.4 Å². The van der Waals surface area contributed by atoms with Crippen molar-refractivity contribution in [2.75, 3.05) is 20.2 Å². The summed E-state index contributed by atoms with van der Waals surface area (Å²) in [5, 5.41) is 9.99. The molecular formula is C25H26ClN5O2. The van der Waals surface area contributed by atoms with E-state index < -0.39 is 0 Å². The van der Waals surface area contributed by atoms with Crippen LogP contribution in [0.2, 0.25) is 5.02 Å². The zero-order chi connectivity index (χ0) is 23.2. The summed E-state index contributed by atoms with van der Waals surface area (Å²) in [4.78, 5) is 21.7. The number of nitrogens with zero attached hydrogens (tertiary/aromatic N) is 2. The number of halogens is 1. The van der Waals surface area contributed by atoms with E-state index in [1.165, 1.54) is 0 Å². The number of methoxy groups -OCH3 is 1. The molecule has 3 aromatic rings. The Morgan fingerprint density at radius 2 is 2.03 bits per heavy atom. The molecule has 0 saturated carbocycles. The molecule has 1 aromatic heterocycles. The molecule has 8 heteroatoms. The van der Waals surface area contributed by atoms with Crippen LogP contribution in [0.15, 0.2) is 59.9 Å². The zero-order valence-corrected chi connectivity index (χ0v) is 19.4. The molecule has 0 atom stereocenters. The lowest BCUT2D eigenvalue weighted by Gasteiger charge is -2.13. The summed E-state index contributed by atoms with van der Waals surface area (Å²) in [5.74, 6) is 1.22. The van der Waals surface area contributed by atoms with E-state index in [2.05, 4.69) is 32.0 Å². The number of aliphatic imine (C=N–C) groups is 1. The highest BCUT2D eigenvalue weighted by Gasteiger charge is 2.13. The largest absolute Gasteiger partial charge is 0.495 e. The quantitative estimate of drug-likeness (QED) is 0.497. The fourth-order valence-corrected chi connectivity index (χ4v) is 3.93. The predicted molar refractivity (Wildman–Crippen MR) is 131 cm³/mol. The Morgan fingerprint density at radius 3 is 2.76 bits per heavy atom. The van der Waals surface area contributed by atoms with Gasteiger partial charge in [-0.05, 0) is 65.6 Å². The summed E-state index contributed by atoms with van der Waals surface area (Å²) in [7, 11) is 1.57. The van der Waals surface area contributed by atoms with E-state index >= 15 is 0 Å². The third-order valence-electron chi connectivity index (χ3n) is 5.41. The minimum atomic E-state index is -0.164. The lowest BCUT2D eigenvalue weighted by molar-refractivity contribution is 0.0951. The van der Waals surface area contributed by atoms with Crippen LogP contribution in [-0.2, 0) is 13.1 Å². The molecular weight excluding hydrogens is 438 g/mol. The van der Waals surface area contributed by atoms with Crippen LogP contribution in [0.1, 0.15) is 27.0 Å². The fourth-order valence-electron chi connectivity index (χ4n) is 3.65. The summed E-state index contributed by atoms with van der Waals surface area (Å²) in [5.41, 5.74) is 5.47.